The first-order valence-corrected chi connectivity index (χ1v) is 5.14. The quantitative estimate of drug-likeness (QED) is 0.221. The van der Waals surface area contributed by atoms with Crippen LogP contribution in [0, 0.1) is 0 Å². The van der Waals surface area contributed by atoms with E-state index in [0.29, 0.717) is 24.5 Å². The maximum atomic E-state index is 10.7. The molecule has 0 saturated carbocycles. The summed E-state index contributed by atoms with van der Waals surface area (Å²) < 4.78 is 0. The van der Waals surface area contributed by atoms with E-state index in [1.807, 2.05) is 0 Å². The van der Waals surface area contributed by atoms with E-state index in [4.69, 9.17) is 0 Å². The van der Waals surface area contributed by atoms with E-state index in [2.05, 4.69) is 9.98 Å². The average molecular weight is 675 g/mol. The Morgan fingerprint density at radius 3 is 1.04 bits per heavy atom. The van der Waals surface area contributed by atoms with Gasteiger partial charge in [-0.05, 0) is 13.8 Å². The summed E-state index contributed by atoms with van der Waals surface area (Å²) in [6.07, 6.45) is 2.97. The van der Waals surface area contributed by atoms with Crippen molar-refractivity contribution in [2.75, 3.05) is 13.1 Å². The van der Waals surface area contributed by atoms with Crippen molar-refractivity contribution < 1.29 is 78.4 Å². The summed E-state index contributed by atoms with van der Waals surface area (Å²) >= 11 is 0. The molecule has 0 rings (SSSR count). The second-order valence-corrected chi connectivity index (χ2v) is 3.56. The maximum Gasteiger partial charge on any atom is 0.0588 e. The monoisotopic (exact) mass is 676 g/mol. The van der Waals surface area contributed by atoms with Crippen molar-refractivity contribution >= 4 is 11.4 Å². The Kier molecular flexibility index (Phi) is 63.5. The Labute approximate surface area is 164 Å². The van der Waals surface area contributed by atoms with Crippen molar-refractivity contribution in [1.82, 2.24) is 0 Å². The third kappa shape index (κ3) is 38.9. The molecule has 144 valence electrons. The summed E-state index contributed by atoms with van der Waals surface area (Å²) in [5.41, 5.74) is 1.41. The molecule has 0 bridgehead atoms. The molecule has 0 spiro atoms. The number of rotatable bonds is 5. The van der Waals surface area contributed by atoms with E-state index in [1.165, 1.54) is 26.0 Å². The first-order chi connectivity index (χ1) is 7.41. The average Bonchev–Trinajstić information content (AvgIpc) is 2.10. The Morgan fingerprint density at radius 1 is 0.652 bits per heavy atom. The smallest absolute Gasteiger partial charge is 0.0588 e. The van der Waals surface area contributed by atoms with Crippen molar-refractivity contribution in [2.45, 2.75) is 27.7 Å². The zero-order valence-electron chi connectivity index (χ0n) is 13.1. The third-order valence-corrected chi connectivity index (χ3v) is 1.65. The number of allylic oxidation sites excluding steroid dienone is 4. The van der Waals surface area contributed by atoms with Gasteiger partial charge in [0.05, 0.1) is 13.1 Å². The molecule has 0 saturated heterocycles. The normalized spacial score (nSPS) is 10.8. The summed E-state index contributed by atoms with van der Waals surface area (Å²) in [5.74, 6) is -0.0170. The Morgan fingerprint density at radius 2 is 0.870 bits per heavy atom. The van der Waals surface area contributed by atoms with Crippen LogP contribution in [0.5, 0.6) is 0 Å². The van der Waals surface area contributed by atoms with Gasteiger partial charge >= 0.3 is 0 Å². The van der Waals surface area contributed by atoms with Gasteiger partial charge in [0.15, 0.2) is 0 Å². The fourth-order valence-electron chi connectivity index (χ4n) is 1.13. The minimum atomic E-state index is -0.00848. The SMILES string of the molecule is CC(/C=C(/C)[O-])=NCCN=C(C)/C=C(/C)[O-].[O-2].[O-2].[O-2].[O-2].[O-2].[Re].[Re]. The molecule has 0 fully saturated rings. The predicted octanol–water partition coefficient (Wildman–Crippen LogP) is -0.163. The van der Waals surface area contributed by atoms with Gasteiger partial charge in [-0.2, -0.15) is 0 Å². The first-order valence-electron chi connectivity index (χ1n) is 5.14. The van der Waals surface area contributed by atoms with Crippen molar-refractivity contribution in [2.24, 2.45) is 9.98 Å². The molecular formula is C12H18N2O7Re2-12. The molecule has 0 atom stereocenters. The molecule has 0 amide bonds. The Hall–Kier alpha value is -0.455. The van der Waals surface area contributed by atoms with Gasteiger partial charge in [0.25, 0.3) is 0 Å². The summed E-state index contributed by atoms with van der Waals surface area (Å²) in [5, 5.41) is 21.4. The second-order valence-electron chi connectivity index (χ2n) is 3.56. The van der Waals surface area contributed by atoms with Gasteiger partial charge in [-0.25, -0.2) is 0 Å². The van der Waals surface area contributed by atoms with E-state index in [9.17, 15) is 10.2 Å². The van der Waals surface area contributed by atoms with Crippen LogP contribution in [0.2, 0.25) is 0 Å². The van der Waals surface area contributed by atoms with Gasteiger partial charge in [0, 0.05) is 52.3 Å². The van der Waals surface area contributed by atoms with Gasteiger partial charge in [0.2, 0.25) is 0 Å². The van der Waals surface area contributed by atoms with Gasteiger partial charge < -0.3 is 37.6 Å². The molecule has 0 N–H and O–H groups in total. The van der Waals surface area contributed by atoms with Crippen molar-refractivity contribution in [3.05, 3.63) is 23.7 Å². The topological polar surface area (TPSA) is 213 Å². The molecule has 23 heavy (non-hydrogen) atoms. The van der Waals surface area contributed by atoms with Crippen LogP contribution < -0.4 is 10.2 Å². The van der Waals surface area contributed by atoms with Crippen molar-refractivity contribution in [3.63, 3.8) is 0 Å². The van der Waals surface area contributed by atoms with Crippen LogP contribution in [0.15, 0.2) is 33.7 Å². The van der Waals surface area contributed by atoms with E-state index < -0.39 is 0 Å². The molecule has 0 aliphatic rings. The second kappa shape index (κ2) is 29.5. The molecule has 0 aliphatic heterocycles. The zero-order chi connectivity index (χ0) is 12.6. The van der Waals surface area contributed by atoms with Crippen LogP contribution in [0.25, 0.3) is 0 Å². The minimum Gasteiger partial charge on any atom is -2.00 e. The summed E-state index contributed by atoms with van der Waals surface area (Å²) in [6.45, 7) is 7.59. The molecule has 0 aromatic rings. The van der Waals surface area contributed by atoms with Crippen LogP contribution in [0.4, 0.5) is 0 Å². The molecule has 0 aromatic heterocycles. The van der Waals surface area contributed by atoms with Crippen molar-refractivity contribution in [1.29, 1.82) is 0 Å². The fourth-order valence-corrected chi connectivity index (χ4v) is 1.13. The van der Waals surface area contributed by atoms with E-state index >= 15 is 0 Å². The summed E-state index contributed by atoms with van der Waals surface area (Å²) in [4.78, 5) is 8.30. The number of hydrogen-bond donors (Lipinski definition) is 0. The number of aliphatic imine (C=N–C) groups is 2. The van der Waals surface area contributed by atoms with Crippen LogP contribution in [-0.2, 0) is 68.2 Å². The minimum absolute atomic E-state index is 0. The van der Waals surface area contributed by atoms with E-state index in [0.717, 1.165) is 0 Å². The zero-order valence-corrected chi connectivity index (χ0v) is 18.5. The van der Waals surface area contributed by atoms with Crippen molar-refractivity contribution in [3.8, 4) is 0 Å². The molecule has 2 radical (unpaired) electrons. The van der Waals surface area contributed by atoms with E-state index in [-0.39, 0.29) is 79.7 Å². The number of nitrogens with zero attached hydrogens (tertiary/aromatic N) is 2. The van der Waals surface area contributed by atoms with Crippen LogP contribution in [0.3, 0.4) is 0 Å². The summed E-state index contributed by atoms with van der Waals surface area (Å²) in [7, 11) is 0. The molecule has 0 heterocycles. The molecule has 0 aliphatic carbocycles. The van der Waals surface area contributed by atoms with Gasteiger partial charge in [-0.1, -0.05) is 26.0 Å². The van der Waals surface area contributed by atoms with Gasteiger partial charge in [-0.15, -0.1) is 11.5 Å². The van der Waals surface area contributed by atoms with Gasteiger partial charge in [-0.3, -0.25) is 9.98 Å². The van der Waals surface area contributed by atoms with Crippen LogP contribution in [0.1, 0.15) is 27.7 Å². The maximum absolute atomic E-state index is 10.7. The molecule has 0 unspecified atom stereocenters. The molecule has 11 heteroatoms. The fraction of sp³-hybridized carbons (Fsp3) is 0.500. The van der Waals surface area contributed by atoms with Crippen LogP contribution >= 0.6 is 0 Å². The third-order valence-electron chi connectivity index (χ3n) is 1.65. The van der Waals surface area contributed by atoms with E-state index in [1.54, 1.807) is 13.8 Å². The molecular weight excluding hydrogens is 657 g/mol. The first kappa shape index (κ1) is 49.5. The van der Waals surface area contributed by atoms with Gasteiger partial charge in [0.1, 0.15) is 0 Å². The predicted molar refractivity (Wildman–Crippen MR) is 66.9 cm³/mol. The molecule has 0 aromatic carbocycles. The van der Waals surface area contributed by atoms with Crippen LogP contribution in [-0.4, -0.2) is 24.5 Å². The number of hydrogen-bond acceptors (Lipinski definition) is 4. The Bertz CT molecular complexity index is 317. The Balaban J connectivity index is -0.0000000536. The summed E-state index contributed by atoms with van der Waals surface area (Å²) in [6, 6.07) is 0. The molecule has 9 nitrogen and oxygen atoms in total. The standard InChI is InChI=1S/C12H20N2O2.5O.2Re/c1-9(7-11(3)15)13-5-6-14-10(2)8-12(4)16;;;;;;;/h7-8,15-16H,5-6H2,1-4H3;;;;;;;/q;5*-2;;/p-2/b11-7-,12-8-,13-9?,14-10?;;;;;;;. The largest absolute Gasteiger partial charge is 2.00 e.